The maximum atomic E-state index is 14.2. The van der Waals surface area contributed by atoms with Gasteiger partial charge in [0.05, 0.1) is 13.2 Å². The summed E-state index contributed by atoms with van der Waals surface area (Å²) in [4.78, 5) is 18.0. The van der Waals surface area contributed by atoms with Gasteiger partial charge in [-0.1, -0.05) is 30.3 Å². The summed E-state index contributed by atoms with van der Waals surface area (Å²) in [6, 6.07) is 8.05. The van der Waals surface area contributed by atoms with E-state index in [2.05, 4.69) is 9.84 Å². The SMILES string of the molecule is CCOP(=O)(OCC)C(CNC(F)c1ccccc1)OP(=O)(O)O. The van der Waals surface area contributed by atoms with Crippen molar-refractivity contribution < 1.29 is 36.9 Å². The van der Waals surface area contributed by atoms with Crippen molar-refractivity contribution in [3.05, 3.63) is 35.9 Å². The molecule has 11 heteroatoms. The summed E-state index contributed by atoms with van der Waals surface area (Å²) < 4.78 is 52.5. The zero-order chi connectivity index (χ0) is 18.2. The van der Waals surface area contributed by atoms with E-state index in [4.69, 9.17) is 18.8 Å². The first kappa shape index (κ1) is 21.4. The summed E-state index contributed by atoms with van der Waals surface area (Å²) in [5.74, 6) is -1.67. The number of rotatable bonds is 11. The molecule has 24 heavy (non-hydrogen) atoms. The molecule has 0 amide bonds. The Bertz CT molecular complexity index is 573. The molecule has 0 aromatic heterocycles. The van der Waals surface area contributed by atoms with Gasteiger partial charge >= 0.3 is 15.4 Å². The molecule has 8 nitrogen and oxygen atoms in total. The third kappa shape index (κ3) is 7.09. The van der Waals surface area contributed by atoms with Crippen LogP contribution in [-0.4, -0.2) is 35.4 Å². The fourth-order valence-electron chi connectivity index (χ4n) is 1.87. The molecule has 0 heterocycles. The lowest BCUT2D eigenvalue weighted by Crippen LogP contribution is -2.31. The standard InChI is InChI=1S/C13H22FNO7P2/c1-3-20-23(16,21-4-2)12(22-24(17,18)19)10-15-13(14)11-8-6-5-7-9-11/h5-9,12-13,15H,3-4,10H2,1-2H3,(H2,17,18,19). The van der Waals surface area contributed by atoms with Crippen molar-refractivity contribution in [1.82, 2.24) is 5.32 Å². The molecule has 0 saturated carbocycles. The van der Waals surface area contributed by atoms with Crippen LogP contribution < -0.4 is 5.32 Å². The van der Waals surface area contributed by atoms with E-state index in [-0.39, 0.29) is 13.2 Å². The fourth-order valence-corrected chi connectivity index (χ4v) is 4.55. The number of phosphoric ester groups is 1. The van der Waals surface area contributed by atoms with Gasteiger partial charge in [0.25, 0.3) is 0 Å². The molecule has 2 atom stereocenters. The predicted octanol–water partition coefficient (Wildman–Crippen LogP) is 2.95. The van der Waals surface area contributed by atoms with E-state index < -0.39 is 34.1 Å². The molecule has 0 spiro atoms. The second kappa shape index (κ2) is 9.75. The topological polar surface area (TPSA) is 114 Å². The first-order chi connectivity index (χ1) is 11.2. The number of halogens is 1. The first-order valence-electron chi connectivity index (χ1n) is 7.27. The van der Waals surface area contributed by atoms with Crippen molar-refractivity contribution in [3.8, 4) is 0 Å². The van der Waals surface area contributed by atoms with Gasteiger partial charge in [-0.25, -0.2) is 8.96 Å². The molecule has 0 aliphatic carbocycles. The second-order valence-corrected chi connectivity index (χ2v) is 7.97. The lowest BCUT2D eigenvalue weighted by atomic mass is 10.2. The average molecular weight is 385 g/mol. The molecule has 1 rings (SSSR count). The van der Waals surface area contributed by atoms with Crippen LogP contribution in [0.5, 0.6) is 0 Å². The summed E-state index contributed by atoms with van der Waals surface area (Å²) >= 11 is 0. The Labute approximate surface area is 140 Å². The summed E-state index contributed by atoms with van der Waals surface area (Å²) in [6.07, 6.45) is -1.65. The van der Waals surface area contributed by atoms with E-state index in [1.54, 1.807) is 18.2 Å². The van der Waals surface area contributed by atoms with E-state index in [0.717, 1.165) is 0 Å². The molecular formula is C13H22FNO7P2. The molecule has 0 aliphatic heterocycles. The Balaban J connectivity index is 2.89. The molecular weight excluding hydrogens is 363 g/mol. The van der Waals surface area contributed by atoms with Crippen molar-refractivity contribution in [2.45, 2.75) is 26.0 Å². The van der Waals surface area contributed by atoms with Gasteiger partial charge in [0.1, 0.15) is 0 Å². The Kier molecular flexibility index (Phi) is 8.70. The van der Waals surface area contributed by atoms with Gasteiger partial charge in [0, 0.05) is 12.1 Å². The molecule has 0 bridgehead atoms. The van der Waals surface area contributed by atoms with Crippen LogP contribution >= 0.6 is 15.4 Å². The van der Waals surface area contributed by atoms with Crippen LogP contribution in [0.3, 0.4) is 0 Å². The third-order valence-corrected chi connectivity index (χ3v) is 5.72. The fraction of sp³-hybridized carbons (Fsp3) is 0.538. The minimum absolute atomic E-state index is 0.0317. The van der Waals surface area contributed by atoms with E-state index in [1.165, 1.54) is 26.0 Å². The zero-order valence-electron chi connectivity index (χ0n) is 13.4. The smallest absolute Gasteiger partial charge is 0.307 e. The number of hydrogen-bond acceptors (Lipinski definition) is 6. The quantitative estimate of drug-likeness (QED) is 0.394. The molecule has 0 radical (unpaired) electrons. The van der Waals surface area contributed by atoms with Gasteiger partial charge in [0.15, 0.2) is 12.1 Å². The largest absolute Gasteiger partial charge is 0.470 e. The molecule has 3 N–H and O–H groups in total. The highest BCUT2D eigenvalue weighted by molar-refractivity contribution is 7.55. The van der Waals surface area contributed by atoms with E-state index >= 15 is 0 Å². The van der Waals surface area contributed by atoms with Crippen molar-refractivity contribution >= 4 is 15.4 Å². The van der Waals surface area contributed by atoms with Crippen molar-refractivity contribution in [2.75, 3.05) is 19.8 Å². The average Bonchev–Trinajstić information content (AvgIpc) is 2.51. The zero-order valence-corrected chi connectivity index (χ0v) is 15.2. The van der Waals surface area contributed by atoms with Crippen LogP contribution in [0.2, 0.25) is 0 Å². The molecule has 138 valence electrons. The van der Waals surface area contributed by atoms with Gasteiger partial charge in [-0.15, -0.1) is 0 Å². The molecule has 0 saturated heterocycles. The van der Waals surface area contributed by atoms with Gasteiger partial charge in [-0.2, -0.15) is 0 Å². The molecule has 0 aliphatic rings. The maximum Gasteiger partial charge on any atom is 0.470 e. The van der Waals surface area contributed by atoms with Gasteiger partial charge in [0.2, 0.25) is 0 Å². The lowest BCUT2D eigenvalue weighted by molar-refractivity contribution is 0.119. The van der Waals surface area contributed by atoms with Crippen LogP contribution in [0.4, 0.5) is 4.39 Å². The highest BCUT2D eigenvalue weighted by Gasteiger charge is 2.41. The Morgan fingerprint density at radius 2 is 1.67 bits per heavy atom. The number of nitrogens with one attached hydrogen (secondary N) is 1. The van der Waals surface area contributed by atoms with Gasteiger partial charge in [-0.3, -0.25) is 14.4 Å². The summed E-state index contributed by atoms with van der Waals surface area (Å²) in [5, 5.41) is 2.38. The van der Waals surface area contributed by atoms with E-state index in [9.17, 15) is 13.5 Å². The Morgan fingerprint density at radius 3 is 2.12 bits per heavy atom. The monoisotopic (exact) mass is 385 g/mol. The highest BCUT2D eigenvalue weighted by atomic mass is 31.2. The summed E-state index contributed by atoms with van der Waals surface area (Å²) in [7, 11) is -9.01. The van der Waals surface area contributed by atoms with Gasteiger partial charge < -0.3 is 18.8 Å². The van der Waals surface area contributed by atoms with Crippen LogP contribution in [0, 0.1) is 0 Å². The molecule has 1 aromatic rings. The summed E-state index contributed by atoms with van der Waals surface area (Å²) in [6.45, 7) is 2.52. The highest BCUT2D eigenvalue weighted by Crippen LogP contribution is 2.57. The summed E-state index contributed by atoms with van der Waals surface area (Å²) in [5.41, 5.74) is 0.301. The Morgan fingerprint density at radius 1 is 1.12 bits per heavy atom. The molecule has 0 fully saturated rings. The van der Waals surface area contributed by atoms with Crippen LogP contribution in [-0.2, 0) is 22.7 Å². The van der Waals surface area contributed by atoms with Crippen molar-refractivity contribution in [1.29, 1.82) is 0 Å². The molecule has 2 unspecified atom stereocenters. The minimum atomic E-state index is -4.99. The van der Waals surface area contributed by atoms with Crippen LogP contribution in [0.1, 0.15) is 25.7 Å². The predicted molar refractivity (Wildman–Crippen MR) is 86.1 cm³/mol. The van der Waals surface area contributed by atoms with Crippen LogP contribution in [0.25, 0.3) is 0 Å². The number of benzene rings is 1. The number of alkyl halides is 1. The minimum Gasteiger partial charge on any atom is -0.307 e. The lowest BCUT2D eigenvalue weighted by Gasteiger charge is -2.27. The number of phosphoric acid groups is 1. The van der Waals surface area contributed by atoms with Crippen molar-refractivity contribution in [3.63, 3.8) is 0 Å². The van der Waals surface area contributed by atoms with E-state index in [0.29, 0.717) is 5.56 Å². The normalized spacial score (nSPS) is 15.2. The van der Waals surface area contributed by atoms with Gasteiger partial charge in [-0.05, 0) is 13.8 Å². The van der Waals surface area contributed by atoms with Crippen LogP contribution in [0.15, 0.2) is 30.3 Å². The maximum absolute atomic E-state index is 14.2. The molecule has 1 aromatic carbocycles. The third-order valence-electron chi connectivity index (χ3n) is 2.79. The van der Waals surface area contributed by atoms with Crippen molar-refractivity contribution in [2.24, 2.45) is 0 Å². The van der Waals surface area contributed by atoms with E-state index in [1.807, 2.05) is 0 Å². The second-order valence-electron chi connectivity index (χ2n) is 4.61. The Hall–Kier alpha value is -0.630. The number of hydrogen-bond donors (Lipinski definition) is 3. The first-order valence-corrected chi connectivity index (χ1v) is 10.4.